The molecule has 0 radical (unpaired) electrons. The van der Waals surface area contributed by atoms with Crippen LogP contribution < -0.4 is 15.0 Å². The van der Waals surface area contributed by atoms with Crippen LogP contribution in [0.5, 0.6) is 5.75 Å². The van der Waals surface area contributed by atoms with Gasteiger partial charge in [-0.05, 0) is 61.4 Å². The van der Waals surface area contributed by atoms with Crippen LogP contribution in [0.3, 0.4) is 0 Å². The smallest absolute Gasteiger partial charge is 0.243 e. The fraction of sp³-hybridized carbons (Fsp3) is 0.381. The van der Waals surface area contributed by atoms with Crippen molar-refractivity contribution in [2.75, 3.05) is 38.7 Å². The van der Waals surface area contributed by atoms with Crippen LogP contribution >= 0.6 is 0 Å². The third-order valence-corrected chi connectivity index (χ3v) is 7.00. The Bertz CT molecular complexity index is 957. The van der Waals surface area contributed by atoms with Gasteiger partial charge in [-0.2, -0.15) is 4.31 Å². The third kappa shape index (κ3) is 5.28. The van der Waals surface area contributed by atoms with Crippen molar-refractivity contribution in [1.29, 1.82) is 0 Å². The summed E-state index contributed by atoms with van der Waals surface area (Å²) in [6.45, 7) is 1.29. The van der Waals surface area contributed by atoms with Crippen LogP contribution in [0.2, 0.25) is 0 Å². The molecule has 0 spiro atoms. The molecule has 2 aromatic rings. The molecular weight excluding hydrogens is 409 g/mol. The predicted octanol–water partition coefficient (Wildman–Crippen LogP) is 2.24. The molecule has 7 nitrogen and oxygen atoms in total. The lowest BCUT2D eigenvalue weighted by molar-refractivity contribution is -0.121. The van der Waals surface area contributed by atoms with Gasteiger partial charge >= 0.3 is 0 Å². The molecule has 162 valence electrons. The van der Waals surface area contributed by atoms with E-state index < -0.39 is 15.8 Å². The Kier molecular flexibility index (Phi) is 6.94. The number of piperidine rings is 1. The minimum absolute atomic E-state index is 0.00563. The van der Waals surface area contributed by atoms with Crippen LogP contribution in [0.1, 0.15) is 12.8 Å². The molecule has 0 unspecified atom stereocenters. The zero-order chi connectivity index (χ0) is 21.7. The van der Waals surface area contributed by atoms with E-state index in [2.05, 4.69) is 10.2 Å². The average molecular weight is 436 g/mol. The Labute approximate surface area is 176 Å². The summed E-state index contributed by atoms with van der Waals surface area (Å²) in [6.07, 6.45) is 1.54. The van der Waals surface area contributed by atoms with E-state index >= 15 is 0 Å². The van der Waals surface area contributed by atoms with E-state index in [1.165, 1.54) is 19.2 Å². The van der Waals surface area contributed by atoms with Crippen molar-refractivity contribution in [2.45, 2.75) is 23.8 Å². The number of hydrogen-bond donors (Lipinski definition) is 1. The fourth-order valence-electron chi connectivity index (χ4n) is 3.42. The highest BCUT2D eigenvalue weighted by Crippen LogP contribution is 2.23. The molecule has 0 bridgehead atoms. The minimum Gasteiger partial charge on any atom is -0.497 e. The number of benzene rings is 2. The normalized spacial score (nSPS) is 15.3. The van der Waals surface area contributed by atoms with Crippen molar-refractivity contribution >= 4 is 21.6 Å². The Balaban J connectivity index is 1.50. The summed E-state index contributed by atoms with van der Waals surface area (Å²) in [6, 6.07) is 12.4. The molecule has 1 N–H and O–H groups in total. The molecule has 1 heterocycles. The number of ether oxygens (including phenoxy) is 1. The molecule has 1 saturated heterocycles. The lowest BCUT2D eigenvalue weighted by Crippen LogP contribution is -2.47. The molecule has 1 amide bonds. The number of rotatable bonds is 7. The van der Waals surface area contributed by atoms with Gasteiger partial charge in [0.2, 0.25) is 15.9 Å². The summed E-state index contributed by atoms with van der Waals surface area (Å²) in [5.41, 5.74) is 1.10. The summed E-state index contributed by atoms with van der Waals surface area (Å²) in [5.74, 6) is -0.0676. The lowest BCUT2D eigenvalue weighted by atomic mass is 10.0. The number of amides is 1. The Morgan fingerprint density at radius 2 is 1.73 bits per heavy atom. The molecule has 30 heavy (non-hydrogen) atoms. The summed E-state index contributed by atoms with van der Waals surface area (Å²) < 4.78 is 44.2. The minimum atomic E-state index is -3.85. The van der Waals surface area contributed by atoms with E-state index in [0.29, 0.717) is 0 Å². The maximum atomic E-state index is 13.0. The average Bonchev–Trinajstić information content (AvgIpc) is 2.74. The predicted molar refractivity (Wildman–Crippen MR) is 113 cm³/mol. The van der Waals surface area contributed by atoms with Gasteiger partial charge in [0.25, 0.3) is 0 Å². The Morgan fingerprint density at radius 1 is 1.13 bits per heavy atom. The van der Waals surface area contributed by atoms with Gasteiger partial charge in [-0.1, -0.05) is 0 Å². The highest BCUT2D eigenvalue weighted by Gasteiger charge is 2.25. The second-order valence-electron chi connectivity index (χ2n) is 7.24. The number of sulfonamides is 1. The first-order chi connectivity index (χ1) is 14.3. The van der Waals surface area contributed by atoms with E-state index in [9.17, 15) is 17.6 Å². The fourth-order valence-corrected chi connectivity index (χ4v) is 4.55. The Hall–Kier alpha value is -2.65. The lowest BCUT2D eigenvalue weighted by Gasteiger charge is -2.34. The van der Waals surface area contributed by atoms with Crippen LogP contribution in [0.25, 0.3) is 0 Å². The monoisotopic (exact) mass is 435 g/mol. The van der Waals surface area contributed by atoms with Gasteiger partial charge in [0.15, 0.2) is 0 Å². The largest absolute Gasteiger partial charge is 0.497 e. The van der Waals surface area contributed by atoms with E-state index in [-0.39, 0.29) is 23.4 Å². The molecule has 0 saturated carbocycles. The number of carbonyl (C=O) groups excluding carboxylic acids is 1. The maximum Gasteiger partial charge on any atom is 0.243 e. The summed E-state index contributed by atoms with van der Waals surface area (Å²) in [4.78, 5) is 14.6. The van der Waals surface area contributed by atoms with Gasteiger partial charge in [-0.3, -0.25) is 4.79 Å². The Morgan fingerprint density at radius 3 is 2.30 bits per heavy atom. The van der Waals surface area contributed by atoms with E-state index in [4.69, 9.17) is 4.74 Å². The molecule has 1 aliphatic heterocycles. The zero-order valence-electron chi connectivity index (χ0n) is 17.0. The van der Waals surface area contributed by atoms with Gasteiger partial charge in [-0.15, -0.1) is 0 Å². The van der Waals surface area contributed by atoms with Crippen LogP contribution in [0.4, 0.5) is 10.1 Å². The summed E-state index contributed by atoms with van der Waals surface area (Å²) in [7, 11) is -0.887. The van der Waals surface area contributed by atoms with E-state index in [1.807, 2.05) is 24.3 Å². The molecule has 0 aliphatic carbocycles. The summed E-state index contributed by atoms with van der Waals surface area (Å²) in [5, 5.41) is 2.92. The maximum absolute atomic E-state index is 13.0. The van der Waals surface area contributed by atoms with Crippen molar-refractivity contribution in [2.24, 2.45) is 0 Å². The van der Waals surface area contributed by atoms with Crippen molar-refractivity contribution in [3.8, 4) is 5.75 Å². The van der Waals surface area contributed by atoms with Gasteiger partial charge in [-0.25, -0.2) is 12.8 Å². The van der Waals surface area contributed by atoms with Crippen LogP contribution in [0.15, 0.2) is 53.4 Å². The first-order valence-corrected chi connectivity index (χ1v) is 11.1. The van der Waals surface area contributed by atoms with Crippen molar-refractivity contribution < 1.29 is 22.3 Å². The van der Waals surface area contributed by atoms with Gasteiger partial charge in [0.05, 0.1) is 18.6 Å². The molecule has 2 aromatic carbocycles. The number of nitrogens with one attached hydrogen (secondary N) is 1. The van der Waals surface area contributed by atoms with Gasteiger partial charge in [0, 0.05) is 31.9 Å². The van der Waals surface area contributed by atoms with Crippen LogP contribution in [-0.4, -0.2) is 58.5 Å². The molecule has 9 heteroatoms. The number of halogens is 1. The number of anilines is 1. The van der Waals surface area contributed by atoms with Crippen LogP contribution in [0, 0.1) is 5.82 Å². The molecular formula is C21H26FN3O4S. The summed E-state index contributed by atoms with van der Waals surface area (Å²) >= 11 is 0. The number of hydrogen-bond acceptors (Lipinski definition) is 5. The highest BCUT2D eigenvalue weighted by molar-refractivity contribution is 7.89. The molecule has 1 fully saturated rings. The zero-order valence-corrected chi connectivity index (χ0v) is 17.9. The molecule has 0 aromatic heterocycles. The second kappa shape index (κ2) is 9.44. The third-order valence-electron chi connectivity index (χ3n) is 5.19. The van der Waals surface area contributed by atoms with Gasteiger partial charge < -0.3 is 15.0 Å². The van der Waals surface area contributed by atoms with E-state index in [1.54, 1.807) is 7.11 Å². The number of likely N-dealkylation sites (N-methyl/N-ethyl adjacent to an activating group) is 1. The molecule has 1 aliphatic rings. The van der Waals surface area contributed by atoms with Crippen LogP contribution in [-0.2, 0) is 14.8 Å². The quantitative estimate of drug-likeness (QED) is 0.722. The number of methoxy groups -OCH3 is 1. The highest BCUT2D eigenvalue weighted by atomic mass is 32.2. The van der Waals surface area contributed by atoms with E-state index in [0.717, 1.165) is 53.8 Å². The first kappa shape index (κ1) is 22.0. The van der Waals surface area contributed by atoms with Crippen molar-refractivity contribution in [3.63, 3.8) is 0 Å². The van der Waals surface area contributed by atoms with Crippen molar-refractivity contribution in [1.82, 2.24) is 9.62 Å². The van der Waals surface area contributed by atoms with Crippen molar-refractivity contribution in [3.05, 3.63) is 54.3 Å². The molecule has 3 rings (SSSR count). The topological polar surface area (TPSA) is 79.0 Å². The van der Waals surface area contributed by atoms with Gasteiger partial charge in [0.1, 0.15) is 11.6 Å². The number of carbonyl (C=O) groups is 1. The second-order valence-corrected chi connectivity index (χ2v) is 9.29. The SMILES string of the molecule is COc1ccc(N2CCC(NC(=O)CN(C)S(=O)(=O)c3ccc(F)cc3)CC2)cc1. The standard InChI is InChI=1S/C21H26FN3O4S/c1-24(30(27,28)20-9-3-16(22)4-10-20)15-21(26)23-17-11-13-25(14-12-17)18-5-7-19(29-2)8-6-18/h3-10,17H,11-15H2,1-2H3,(H,23,26). The number of nitrogens with zero attached hydrogens (tertiary/aromatic N) is 2. The molecule has 0 atom stereocenters. The first-order valence-electron chi connectivity index (χ1n) is 9.70.